The molecule has 2 aromatic carbocycles. The molecule has 0 atom stereocenters. The average Bonchev–Trinajstić information content (AvgIpc) is 2.92. The highest BCUT2D eigenvalue weighted by atomic mass is 28.3. The van der Waals surface area contributed by atoms with Gasteiger partial charge in [-0.25, -0.2) is 4.68 Å². The molecule has 0 N–H and O–H groups in total. The summed E-state index contributed by atoms with van der Waals surface area (Å²) < 4.78 is 2.12. The second kappa shape index (κ2) is 5.33. The van der Waals surface area contributed by atoms with Crippen LogP contribution in [0.15, 0.2) is 66.7 Å². The Hall–Kier alpha value is -2.13. The molecular formula is C18H20N2Si. The predicted octanol–water partition coefficient (Wildman–Crippen LogP) is 3.00. The Morgan fingerprint density at radius 3 is 2.05 bits per heavy atom. The third-order valence-corrected chi connectivity index (χ3v) is 7.38. The maximum atomic E-state index is 4.72. The van der Waals surface area contributed by atoms with Gasteiger partial charge in [0.05, 0.1) is 11.4 Å². The smallest absolute Gasteiger partial charge is 0.135 e. The summed E-state index contributed by atoms with van der Waals surface area (Å²) in [4.78, 5) is 0. The van der Waals surface area contributed by atoms with Gasteiger partial charge in [-0.1, -0.05) is 66.8 Å². The minimum Gasteiger partial charge on any atom is -0.242 e. The zero-order valence-corrected chi connectivity index (χ0v) is 13.7. The normalized spacial score (nSPS) is 11.6. The molecule has 2 nitrogen and oxygen atoms in total. The van der Waals surface area contributed by atoms with Gasteiger partial charge in [0, 0.05) is 5.32 Å². The standard InChI is InChI=1S/C18H20N2Si/c1-15-14-18(20(19-15)16-10-6-4-7-11-16)21(2,3)17-12-8-5-9-13-17/h4-14H,1-3H3. The molecule has 0 radical (unpaired) electrons. The molecule has 0 spiro atoms. The Balaban J connectivity index is 2.15. The van der Waals surface area contributed by atoms with Crippen LogP contribution in [0.3, 0.4) is 0 Å². The van der Waals surface area contributed by atoms with Gasteiger partial charge >= 0.3 is 0 Å². The highest BCUT2D eigenvalue weighted by molar-refractivity contribution is 7.00. The van der Waals surface area contributed by atoms with Crippen LogP contribution in [-0.2, 0) is 0 Å². The van der Waals surface area contributed by atoms with E-state index in [1.54, 1.807) is 0 Å². The van der Waals surface area contributed by atoms with Crippen LogP contribution in [0.5, 0.6) is 0 Å². The number of hydrogen-bond donors (Lipinski definition) is 0. The van der Waals surface area contributed by atoms with E-state index in [1.165, 1.54) is 10.5 Å². The van der Waals surface area contributed by atoms with E-state index in [2.05, 4.69) is 85.4 Å². The van der Waals surface area contributed by atoms with Crippen molar-refractivity contribution in [3.63, 3.8) is 0 Å². The Labute approximate surface area is 127 Å². The molecule has 0 aliphatic rings. The SMILES string of the molecule is Cc1cc([Si](C)(C)c2ccccc2)n(-c2ccccc2)n1. The van der Waals surface area contributed by atoms with Crippen molar-refractivity contribution in [1.29, 1.82) is 0 Å². The average molecular weight is 292 g/mol. The summed E-state index contributed by atoms with van der Waals surface area (Å²) in [6.45, 7) is 6.84. The first-order valence-corrected chi connectivity index (χ1v) is 10.3. The van der Waals surface area contributed by atoms with Crippen molar-refractivity contribution >= 4 is 18.6 Å². The maximum Gasteiger partial charge on any atom is 0.135 e. The molecule has 1 aromatic heterocycles. The first-order valence-electron chi connectivity index (χ1n) is 7.27. The van der Waals surface area contributed by atoms with Crippen molar-refractivity contribution in [3.05, 3.63) is 72.4 Å². The Kier molecular flexibility index (Phi) is 3.51. The molecule has 3 rings (SSSR count). The summed E-state index contributed by atoms with van der Waals surface area (Å²) in [6, 6.07) is 23.4. The van der Waals surface area contributed by atoms with Crippen LogP contribution < -0.4 is 10.5 Å². The summed E-state index contributed by atoms with van der Waals surface area (Å²) in [6.07, 6.45) is 0. The highest BCUT2D eigenvalue weighted by Crippen LogP contribution is 2.11. The van der Waals surface area contributed by atoms with E-state index in [-0.39, 0.29) is 0 Å². The van der Waals surface area contributed by atoms with Crippen molar-refractivity contribution < 1.29 is 0 Å². The summed E-state index contributed by atoms with van der Waals surface area (Å²) in [5, 5.41) is 7.50. The molecule has 0 fully saturated rings. The van der Waals surface area contributed by atoms with Crippen molar-refractivity contribution in [2.24, 2.45) is 0 Å². The Bertz CT molecular complexity index is 730. The van der Waals surface area contributed by atoms with Gasteiger partial charge in [0.2, 0.25) is 0 Å². The molecular weight excluding hydrogens is 272 g/mol. The minimum atomic E-state index is -1.76. The third-order valence-electron chi connectivity index (χ3n) is 3.97. The van der Waals surface area contributed by atoms with E-state index in [4.69, 9.17) is 5.10 Å². The van der Waals surface area contributed by atoms with Crippen LogP contribution in [0, 0.1) is 6.92 Å². The van der Waals surface area contributed by atoms with E-state index in [0.29, 0.717) is 0 Å². The fourth-order valence-electron chi connectivity index (χ4n) is 2.71. The lowest BCUT2D eigenvalue weighted by Gasteiger charge is -2.24. The summed E-state index contributed by atoms with van der Waals surface area (Å²) in [5.41, 5.74) is 2.21. The zero-order chi connectivity index (χ0) is 14.9. The van der Waals surface area contributed by atoms with Gasteiger partial charge in [0.15, 0.2) is 0 Å². The molecule has 0 saturated heterocycles. The molecule has 3 heteroatoms. The van der Waals surface area contributed by atoms with Crippen LogP contribution in [-0.4, -0.2) is 17.9 Å². The van der Waals surface area contributed by atoms with Crippen molar-refractivity contribution in [1.82, 2.24) is 9.78 Å². The van der Waals surface area contributed by atoms with Crippen LogP contribution in [0.25, 0.3) is 5.69 Å². The minimum absolute atomic E-state index is 1.07. The topological polar surface area (TPSA) is 17.8 Å². The molecule has 0 saturated carbocycles. The second-order valence-electron chi connectivity index (χ2n) is 5.91. The summed E-state index contributed by atoms with van der Waals surface area (Å²) in [5.74, 6) is 0. The van der Waals surface area contributed by atoms with Gasteiger partial charge in [0.1, 0.15) is 8.07 Å². The largest absolute Gasteiger partial charge is 0.242 e. The molecule has 0 aliphatic carbocycles. The quantitative estimate of drug-likeness (QED) is 0.679. The fourth-order valence-corrected chi connectivity index (χ4v) is 5.31. The number of rotatable bonds is 3. The van der Waals surface area contributed by atoms with Crippen molar-refractivity contribution in [2.45, 2.75) is 20.0 Å². The van der Waals surface area contributed by atoms with E-state index < -0.39 is 8.07 Å². The highest BCUT2D eigenvalue weighted by Gasteiger charge is 2.30. The lowest BCUT2D eigenvalue weighted by molar-refractivity contribution is 0.879. The number of aromatic nitrogens is 2. The molecule has 0 unspecified atom stereocenters. The maximum absolute atomic E-state index is 4.72. The van der Waals surface area contributed by atoms with Gasteiger partial charge in [-0.2, -0.15) is 5.10 Å². The summed E-state index contributed by atoms with van der Waals surface area (Å²) >= 11 is 0. The first-order chi connectivity index (χ1) is 10.1. The van der Waals surface area contributed by atoms with Crippen molar-refractivity contribution in [2.75, 3.05) is 0 Å². The Morgan fingerprint density at radius 1 is 0.857 bits per heavy atom. The molecule has 0 aliphatic heterocycles. The van der Waals surface area contributed by atoms with Crippen LogP contribution in [0.4, 0.5) is 0 Å². The number of para-hydroxylation sites is 1. The third kappa shape index (κ3) is 2.57. The molecule has 106 valence electrons. The van der Waals surface area contributed by atoms with Crippen LogP contribution >= 0.6 is 0 Å². The van der Waals surface area contributed by atoms with Crippen LogP contribution in [0.1, 0.15) is 5.69 Å². The monoisotopic (exact) mass is 292 g/mol. The van der Waals surface area contributed by atoms with E-state index >= 15 is 0 Å². The van der Waals surface area contributed by atoms with Gasteiger partial charge in [-0.15, -0.1) is 0 Å². The van der Waals surface area contributed by atoms with E-state index in [1.807, 2.05) is 6.07 Å². The molecule has 0 bridgehead atoms. The number of benzene rings is 2. The first kappa shape index (κ1) is 13.8. The molecule has 0 amide bonds. The van der Waals surface area contributed by atoms with Gasteiger partial charge in [-0.05, 0) is 25.1 Å². The fraction of sp³-hybridized carbons (Fsp3) is 0.167. The summed E-state index contributed by atoms with van der Waals surface area (Å²) in [7, 11) is -1.76. The number of aryl methyl sites for hydroxylation is 1. The molecule has 3 aromatic rings. The van der Waals surface area contributed by atoms with Gasteiger partial charge < -0.3 is 0 Å². The lowest BCUT2D eigenvalue weighted by Crippen LogP contribution is -2.55. The predicted molar refractivity (Wildman–Crippen MR) is 91.5 cm³/mol. The molecule has 1 heterocycles. The number of nitrogens with zero attached hydrogens (tertiary/aromatic N) is 2. The van der Waals surface area contributed by atoms with Gasteiger partial charge in [0.25, 0.3) is 0 Å². The van der Waals surface area contributed by atoms with E-state index in [0.717, 1.165) is 11.4 Å². The lowest BCUT2D eigenvalue weighted by atomic mass is 10.3. The van der Waals surface area contributed by atoms with Crippen LogP contribution in [0.2, 0.25) is 13.1 Å². The van der Waals surface area contributed by atoms with Gasteiger partial charge in [-0.3, -0.25) is 0 Å². The second-order valence-corrected chi connectivity index (χ2v) is 10.2. The number of hydrogen-bond acceptors (Lipinski definition) is 1. The zero-order valence-electron chi connectivity index (χ0n) is 12.7. The molecule has 21 heavy (non-hydrogen) atoms. The van der Waals surface area contributed by atoms with E-state index in [9.17, 15) is 0 Å². The van der Waals surface area contributed by atoms with Crippen molar-refractivity contribution in [3.8, 4) is 5.69 Å². The Morgan fingerprint density at radius 2 is 1.43 bits per heavy atom.